The van der Waals surface area contributed by atoms with E-state index in [1.807, 2.05) is 24.5 Å². The van der Waals surface area contributed by atoms with Gasteiger partial charge in [0.1, 0.15) is 10.1 Å². The average Bonchev–Trinajstić information content (AvgIpc) is 3.18. The van der Waals surface area contributed by atoms with Crippen molar-refractivity contribution in [3.63, 3.8) is 0 Å². The van der Waals surface area contributed by atoms with Gasteiger partial charge in [-0.25, -0.2) is 8.42 Å². The zero-order valence-electron chi connectivity index (χ0n) is 13.8. The topological polar surface area (TPSA) is 107 Å². The number of fused-ring (bicyclic) bond motifs is 2. The molecule has 1 heterocycles. The van der Waals surface area contributed by atoms with Crippen LogP contribution < -0.4 is 29.6 Å². The predicted molar refractivity (Wildman–Crippen MR) is 88.5 cm³/mol. The number of carbonyl (C=O) groups is 2. The zero-order chi connectivity index (χ0) is 18.0. The summed E-state index contributed by atoms with van der Waals surface area (Å²) in [5.74, 6) is -0.814. The first-order valence-electron chi connectivity index (χ1n) is 7.26. The van der Waals surface area contributed by atoms with Crippen molar-refractivity contribution in [3.8, 4) is 0 Å². The summed E-state index contributed by atoms with van der Waals surface area (Å²) in [6, 6.07) is 13.4. The van der Waals surface area contributed by atoms with Crippen LogP contribution in [0.3, 0.4) is 0 Å². The summed E-state index contributed by atoms with van der Waals surface area (Å²) in [6.45, 7) is 0. The Morgan fingerprint density at radius 3 is 1.69 bits per heavy atom. The number of carbonyl (C=O) groups excluding carboxylic acids is 2. The molecule has 0 fully saturated rings. The molecule has 1 aromatic heterocycles. The van der Waals surface area contributed by atoms with Crippen LogP contribution in [0.4, 0.5) is 0 Å². The molecule has 0 amide bonds. The minimum atomic E-state index is -4.67. The van der Waals surface area contributed by atoms with Gasteiger partial charge in [-0.3, -0.25) is 9.59 Å². The van der Waals surface area contributed by atoms with Gasteiger partial charge in [0.05, 0.1) is 4.90 Å². The minimum absolute atomic E-state index is 0. The van der Waals surface area contributed by atoms with Gasteiger partial charge in [0.2, 0.25) is 0 Å². The third-order valence-corrected chi connectivity index (χ3v) is 4.51. The van der Waals surface area contributed by atoms with Crippen molar-refractivity contribution in [3.05, 3.63) is 89.2 Å². The van der Waals surface area contributed by atoms with Crippen molar-refractivity contribution in [1.82, 2.24) is 4.98 Å². The second-order valence-electron chi connectivity index (χ2n) is 5.25. The van der Waals surface area contributed by atoms with Crippen molar-refractivity contribution in [1.29, 1.82) is 0 Å². The van der Waals surface area contributed by atoms with Gasteiger partial charge in [-0.1, -0.05) is 24.3 Å². The number of ketones is 2. The second kappa shape index (κ2) is 8.11. The molecule has 4 rings (SSSR count). The van der Waals surface area contributed by atoms with Crippen molar-refractivity contribution in [2.75, 3.05) is 0 Å². The number of aromatic nitrogens is 1. The maximum atomic E-state index is 12.3. The van der Waals surface area contributed by atoms with E-state index in [0.717, 1.165) is 12.1 Å². The molecule has 2 aromatic carbocycles. The number of aromatic amines is 1. The summed E-state index contributed by atoms with van der Waals surface area (Å²) in [6.07, 6.45) is 3.75. The van der Waals surface area contributed by atoms with E-state index in [2.05, 4.69) is 4.98 Å². The van der Waals surface area contributed by atoms with E-state index in [-0.39, 0.29) is 57.6 Å². The first kappa shape index (κ1) is 20.3. The Balaban J connectivity index is 0.000000351. The molecule has 1 aliphatic carbocycles. The summed E-state index contributed by atoms with van der Waals surface area (Å²) in [5.41, 5.74) is 0.555. The van der Waals surface area contributed by atoms with E-state index in [1.165, 1.54) is 18.2 Å². The number of hydrogen-bond donors (Lipinski definition) is 1. The molecule has 26 heavy (non-hydrogen) atoms. The summed E-state index contributed by atoms with van der Waals surface area (Å²) in [5, 5.41) is 0. The van der Waals surface area contributed by atoms with Crippen LogP contribution in [-0.2, 0) is 10.1 Å². The molecule has 0 aliphatic heterocycles. The van der Waals surface area contributed by atoms with Gasteiger partial charge in [0.15, 0.2) is 11.6 Å². The molecule has 0 spiro atoms. The molecule has 0 bridgehead atoms. The Kier molecular flexibility index (Phi) is 6.33. The van der Waals surface area contributed by atoms with Gasteiger partial charge in [-0.05, 0) is 30.3 Å². The Morgan fingerprint density at radius 1 is 0.731 bits per heavy atom. The van der Waals surface area contributed by atoms with E-state index in [0.29, 0.717) is 0 Å². The van der Waals surface area contributed by atoms with Crippen LogP contribution in [0.25, 0.3) is 0 Å². The summed E-state index contributed by atoms with van der Waals surface area (Å²) in [7, 11) is -4.67. The van der Waals surface area contributed by atoms with Crippen LogP contribution in [0.5, 0.6) is 0 Å². The number of hydrogen-bond acceptors (Lipinski definition) is 5. The zero-order valence-corrected chi connectivity index (χ0v) is 16.6. The van der Waals surface area contributed by atoms with Gasteiger partial charge >= 0.3 is 29.6 Å². The van der Waals surface area contributed by atoms with Crippen LogP contribution in [-0.4, -0.2) is 29.5 Å². The summed E-state index contributed by atoms with van der Waals surface area (Å²) < 4.78 is 33.0. The van der Waals surface area contributed by atoms with Gasteiger partial charge in [-0.15, -0.1) is 0 Å². The molecule has 1 N–H and O–H groups in total. The van der Waals surface area contributed by atoms with Crippen LogP contribution in [0.1, 0.15) is 31.8 Å². The number of rotatable bonds is 1. The van der Waals surface area contributed by atoms with Gasteiger partial charge < -0.3 is 9.54 Å². The largest absolute Gasteiger partial charge is 1.00 e. The molecule has 126 valence electrons. The van der Waals surface area contributed by atoms with Crippen LogP contribution in [0.15, 0.2) is 71.9 Å². The Labute approximate surface area is 172 Å². The molecule has 0 saturated carbocycles. The van der Waals surface area contributed by atoms with E-state index >= 15 is 0 Å². The molecular formula is C18H12NNaO5S. The summed E-state index contributed by atoms with van der Waals surface area (Å²) in [4.78, 5) is 26.9. The standard InChI is InChI=1S/C14H8O5S.C4H5N.Na/c15-13-9-3-1-2-4-10(9)14(16)12-7-8(20(17,18)19)5-6-11(12)13;1-2-4-5-3-1;/h1-7H,(H,17,18,19);1-5H;/q;;+1/p-1. The van der Waals surface area contributed by atoms with Crippen molar-refractivity contribution >= 4 is 21.7 Å². The monoisotopic (exact) mass is 377 g/mol. The second-order valence-corrected chi connectivity index (χ2v) is 6.63. The molecule has 0 saturated heterocycles. The Hall–Kier alpha value is -2.03. The molecule has 3 aromatic rings. The number of H-pyrrole nitrogens is 1. The number of nitrogens with one attached hydrogen (secondary N) is 1. The Morgan fingerprint density at radius 2 is 1.23 bits per heavy atom. The van der Waals surface area contributed by atoms with Gasteiger partial charge in [0, 0.05) is 34.6 Å². The van der Waals surface area contributed by atoms with Crippen molar-refractivity contribution < 1.29 is 52.1 Å². The maximum absolute atomic E-state index is 12.3. The van der Waals surface area contributed by atoms with Crippen LogP contribution in [0, 0.1) is 0 Å². The molecule has 0 atom stereocenters. The van der Waals surface area contributed by atoms with E-state index in [9.17, 15) is 22.6 Å². The quantitative estimate of drug-likeness (QED) is 0.352. The molecular weight excluding hydrogens is 365 g/mol. The van der Waals surface area contributed by atoms with E-state index in [1.54, 1.807) is 12.1 Å². The molecule has 8 heteroatoms. The molecule has 1 aliphatic rings. The van der Waals surface area contributed by atoms with E-state index in [4.69, 9.17) is 0 Å². The molecule has 0 radical (unpaired) electrons. The normalized spacial score (nSPS) is 12.2. The first-order chi connectivity index (χ1) is 11.9. The fraction of sp³-hybridized carbons (Fsp3) is 0. The first-order valence-corrected chi connectivity index (χ1v) is 8.66. The van der Waals surface area contributed by atoms with Gasteiger partial charge in [0.25, 0.3) is 0 Å². The minimum Gasteiger partial charge on any atom is -0.744 e. The fourth-order valence-electron chi connectivity index (χ4n) is 2.51. The maximum Gasteiger partial charge on any atom is 1.00 e. The van der Waals surface area contributed by atoms with E-state index < -0.39 is 20.8 Å². The molecule has 6 nitrogen and oxygen atoms in total. The van der Waals surface area contributed by atoms with Crippen LogP contribution in [0.2, 0.25) is 0 Å². The van der Waals surface area contributed by atoms with Crippen LogP contribution >= 0.6 is 0 Å². The fourth-order valence-corrected chi connectivity index (χ4v) is 3.01. The third-order valence-electron chi connectivity index (χ3n) is 3.68. The average molecular weight is 377 g/mol. The third kappa shape index (κ3) is 4.03. The predicted octanol–water partition coefficient (Wildman–Crippen LogP) is -0.615. The Bertz CT molecular complexity index is 1040. The SMILES string of the molecule is O=C1c2ccccc2C(=O)c2cc(S(=O)(=O)[O-])ccc21.[Na+].c1cc[nH]c1. The molecule has 0 unspecified atom stereocenters. The van der Waals surface area contributed by atoms with Gasteiger partial charge in [-0.2, -0.15) is 0 Å². The summed E-state index contributed by atoms with van der Waals surface area (Å²) >= 11 is 0. The van der Waals surface area contributed by atoms with Crippen molar-refractivity contribution in [2.24, 2.45) is 0 Å². The van der Waals surface area contributed by atoms with Crippen molar-refractivity contribution in [2.45, 2.75) is 4.90 Å². The smallest absolute Gasteiger partial charge is 0.744 e. The number of benzene rings is 2.